The second-order valence-electron chi connectivity index (χ2n) is 9.51. The van der Waals surface area contributed by atoms with E-state index >= 15 is 0 Å². The van der Waals surface area contributed by atoms with Crippen LogP contribution in [-0.4, -0.2) is 78.9 Å². The summed E-state index contributed by atoms with van der Waals surface area (Å²) in [7, 11) is 0. The number of H-pyrrole nitrogens is 2. The number of hydrogen-bond donors (Lipinski definition) is 3. The molecule has 11 nitrogen and oxygen atoms in total. The third kappa shape index (κ3) is 3.80. The van der Waals surface area contributed by atoms with Crippen LogP contribution in [0, 0.1) is 5.41 Å². The molecule has 1 amide bonds. The first kappa shape index (κ1) is 22.6. The van der Waals surface area contributed by atoms with E-state index in [1.807, 2.05) is 4.90 Å². The molecule has 0 atom stereocenters. The Morgan fingerprint density at radius 3 is 2.50 bits per heavy atom. The van der Waals surface area contributed by atoms with Crippen molar-refractivity contribution >= 4 is 23.4 Å². The van der Waals surface area contributed by atoms with E-state index in [0.717, 1.165) is 12.8 Å². The Morgan fingerprint density at radius 2 is 1.92 bits per heavy atom. The first-order valence-electron chi connectivity index (χ1n) is 11.7. The zero-order valence-corrected chi connectivity index (χ0v) is 19.0. The van der Waals surface area contributed by atoms with Crippen molar-refractivity contribution in [1.29, 1.82) is 0 Å². The van der Waals surface area contributed by atoms with Crippen LogP contribution in [0.4, 0.5) is 19.0 Å². The lowest BCUT2D eigenvalue weighted by molar-refractivity contribution is -0.198. The molecule has 0 spiro atoms. The highest BCUT2D eigenvalue weighted by Gasteiger charge is 2.69. The lowest BCUT2D eigenvalue weighted by atomic mass is 10.0. The Labute approximate surface area is 201 Å². The fraction of sp³-hybridized carbons (Fsp3) is 0.500. The van der Waals surface area contributed by atoms with Crippen LogP contribution in [0.2, 0.25) is 0 Å². The van der Waals surface area contributed by atoms with Crippen molar-refractivity contribution in [1.82, 2.24) is 29.5 Å². The number of fused-ring (bicyclic) bond motifs is 1. The molecule has 0 radical (unpaired) electrons. The zero-order valence-electron chi connectivity index (χ0n) is 19.0. The molecule has 3 aromatic rings. The minimum absolute atomic E-state index is 0.151. The molecule has 4 heterocycles. The predicted molar refractivity (Wildman–Crippen MR) is 120 cm³/mol. The Balaban J connectivity index is 1.32. The molecule has 190 valence electrons. The van der Waals surface area contributed by atoms with Gasteiger partial charge >= 0.3 is 11.9 Å². The molecule has 3 fully saturated rings. The molecule has 0 aromatic carbocycles. The van der Waals surface area contributed by atoms with Crippen molar-refractivity contribution < 1.29 is 23.1 Å². The Kier molecular flexibility index (Phi) is 4.92. The van der Waals surface area contributed by atoms with Crippen molar-refractivity contribution in [3.8, 4) is 5.88 Å². The Morgan fingerprint density at radius 1 is 1.19 bits per heavy atom. The number of amides is 1. The Bertz CT molecular complexity index is 1520. The van der Waals surface area contributed by atoms with Crippen molar-refractivity contribution in [3.05, 3.63) is 39.1 Å². The number of hydrogen-bond acceptors (Lipinski definition) is 7. The van der Waals surface area contributed by atoms with Gasteiger partial charge in [-0.15, -0.1) is 0 Å². The first-order valence-corrected chi connectivity index (χ1v) is 11.7. The van der Waals surface area contributed by atoms with E-state index < -0.39 is 23.2 Å². The monoisotopic (exact) mass is 504 g/mol. The molecule has 1 saturated heterocycles. The molecule has 1 aliphatic heterocycles. The van der Waals surface area contributed by atoms with Crippen molar-refractivity contribution in [2.75, 3.05) is 31.1 Å². The van der Waals surface area contributed by atoms with Crippen LogP contribution in [0.3, 0.4) is 0 Å². The number of alkyl halides is 3. The number of aromatic amines is 2. The van der Waals surface area contributed by atoms with Crippen LogP contribution < -0.4 is 21.3 Å². The fourth-order valence-corrected chi connectivity index (χ4v) is 4.53. The molecule has 3 N–H and O–H groups in total. The van der Waals surface area contributed by atoms with Gasteiger partial charge in [0, 0.05) is 37.5 Å². The number of aromatic nitrogens is 5. The van der Waals surface area contributed by atoms with E-state index in [-0.39, 0.29) is 43.5 Å². The second kappa shape index (κ2) is 7.83. The smallest absolute Gasteiger partial charge is 0.403 e. The van der Waals surface area contributed by atoms with Crippen LogP contribution in [-0.2, 0) is 4.79 Å². The van der Waals surface area contributed by atoms with Gasteiger partial charge < -0.3 is 19.9 Å². The number of halogens is 3. The van der Waals surface area contributed by atoms with Crippen molar-refractivity contribution in [3.63, 3.8) is 0 Å². The summed E-state index contributed by atoms with van der Waals surface area (Å²) in [5.41, 5.74) is -1.57. The molecule has 3 aliphatic rings. The van der Waals surface area contributed by atoms with E-state index in [2.05, 4.69) is 15.1 Å². The first-order chi connectivity index (χ1) is 17.1. The second-order valence-corrected chi connectivity index (χ2v) is 9.51. The van der Waals surface area contributed by atoms with E-state index in [4.69, 9.17) is 9.98 Å². The highest BCUT2D eigenvalue weighted by Crippen LogP contribution is 2.58. The largest absolute Gasteiger partial charge is 0.493 e. The van der Waals surface area contributed by atoms with Crippen LogP contribution in [0.5, 0.6) is 5.88 Å². The Hall–Kier alpha value is -3.84. The van der Waals surface area contributed by atoms with E-state index in [1.165, 1.54) is 11.0 Å². The molecule has 3 aromatic heterocycles. The fourth-order valence-electron chi connectivity index (χ4n) is 4.53. The maximum atomic E-state index is 13.4. The minimum atomic E-state index is -4.53. The van der Waals surface area contributed by atoms with Crippen LogP contribution in [0.1, 0.15) is 31.4 Å². The highest BCUT2D eigenvalue weighted by molar-refractivity contribution is 5.86. The predicted octanol–water partition coefficient (Wildman–Crippen LogP) is 0.0532. The van der Waals surface area contributed by atoms with Gasteiger partial charge in [0.25, 0.3) is 0 Å². The molecule has 14 heteroatoms. The summed E-state index contributed by atoms with van der Waals surface area (Å²) >= 11 is 0. The molecule has 0 unspecified atom stereocenters. The van der Waals surface area contributed by atoms with E-state index in [0.29, 0.717) is 35.3 Å². The van der Waals surface area contributed by atoms with Crippen LogP contribution >= 0.6 is 0 Å². The van der Waals surface area contributed by atoms with Gasteiger partial charge in [0.15, 0.2) is 11.1 Å². The lowest BCUT2D eigenvalue weighted by Gasteiger charge is -2.37. The number of aromatic hydroxyl groups is 1. The molecular weight excluding hydrogens is 481 g/mol. The number of rotatable bonds is 4. The minimum Gasteiger partial charge on any atom is -0.493 e. The van der Waals surface area contributed by atoms with Gasteiger partial charge in [-0.3, -0.25) is 14.8 Å². The summed E-state index contributed by atoms with van der Waals surface area (Å²) in [6.07, 6.45) is 0.200. The quantitative estimate of drug-likeness (QED) is 0.460. The maximum Gasteiger partial charge on any atom is 0.403 e. The third-order valence-corrected chi connectivity index (χ3v) is 6.96. The van der Waals surface area contributed by atoms with Gasteiger partial charge in [0.05, 0.1) is 12.2 Å². The maximum absolute atomic E-state index is 13.4. The van der Waals surface area contributed by atoms with E-state index in [1.54, 1.807) is 16.8 Å². The molecule has 6 rings (SSSR count). The van der Waals surface area contributed by atoms with Crippen LogP contribution in [0.25, 0.3) is 11.7 Å². The molecule has 0 bridgehead atoms. The summed E-state index contributed by atoms with van der Waals surface area (Å²) in [5, 5.41) is 14.8. The SMILES string of the molecule is O=C(N1CCN(c2cc(=NC3CC3)n3nc/c(=C\c4[nH]c(=O)[nH]c4O)c3n2)CC1)C1(C(F)(F)F)CC1. The highest BCUT2D eigenvalue weighted by atomic mass is 19.4. The average Bonchev–Trinajstić information content (AvgIpc) is 3.75. The van der Waals surface area contributed by atoms with Crippen molar-refractivity contribution in [2.45, 2.75) is 37.9 Å². The van der Waals surface area contributed by atoms with Crippen LogP contribution in [0.15, 0.2) is 22.1 Å². The average molecular weight is 504 g/mol. The number of carbonyl (C=O) groups excluding carboxylic acids is 1. The number of imidazole rings is 1. The summed E-state index contributed by atoms with van der Waals surface area (Å²) in [5.74, 6) is -0.588. The molecule has 36 heavy (non-hydrogen) atoms. The van der Waals surface area contributed by atoms with Gasteiger partial charge in [-0.05, 0) is 31.8 Å². The molecular formula is C22H23F3N8O3. The number of carbonyl (C=O) groups is 1. The number of nitrogens with zero attached hydrogens (tertiary/aromatic N) is 6. The van der Waals surface area contributed by atoms with Gasteiger partial charge in [-0.25, -0.2) is 9.78 Å². The molecule has 2 aliphatic carbocycles. The van der Waals surface area contributed by atoms with E-state index in [9.17, 15) is 27.9 Å². The summed E-state index contributed by atoms with van der Waals surface area (Å²) < 4.78 is 41.8. The standard InChI is InChI=1S/C22H23F3N8O3/c23-22(24,25)21(3-4-21)19(35)32-7-5-31(6-8-32)15-10-16(27-13-1-2-13)33-17(29-15)12(11-26-33)9-14-18(34)30-20(36)28-14/h9-11,13,34H,1-8H2,(H2,28,30,36)/b12-9+,27-16?. The lowest BCUT2D eigenvalue weighted by Crippen LogP contribution is -2.53. The third-order valence-electron chi connectivity index (χ3n) is 6.96. The normalized spacial score (nSPS) is 21.0. The number of anilines is 1. The number of piperazine rings is 1. The molecule has 2 saturated carbocycles. The van der Waals surface area contributed by atoms with Gasteiger partial charge in [0.2, 0.25) is 11.8 Å². The van der Waals surface area contributed by atoms with Gasteiger partial charge in [-0.2, -0.15) is 22.8 Å². The topological polar surface area (TPSA) is 135 Å². The van der Waals surface area contributed by atoms with Gasteiger partial charge in [-0.1, -0.05) is 0 Å². The summed E-state index contributed by atoms with van der Waals surface area (Å²) in [4.78, 5) is 41.5. The van der Waals surface area contributed by atoms with Gasteiger partial charge in [0.1, 0.15) is 16.9 Å². The summed E-state index contributed by atoms with van der Waals surface area (Å²) in [6, 6.07) is 1.98. The summed E-state index contributed by atoms with van der Waals surface area (Å²) in [6.45, 7) is 0.973. The number of nitrogens with one attached hydrogen (secondary N) is 2. The zero-order chi connectivity index (χ0) is 25.2. The van der Waals surface area contributed by atoms with Crippen molar-refractivity contribution in [2.24, 2.45) is 10.4 Å².